The van der Waals surface area contributed by atoms with E-state index in [1.54, 1.807) is 6.33 Å². The third-order valence-corrected chi connectivity index (χ3v) is 2.85. The summed E-state index contributed by atoms with van der Waals surface area (Å²) in [5.74, 6) is 1.06. The van der Waals surface area contributed by atoms with Crippen LogP contribution in [0.4, 0.5) is 0 Å². The van der Waals surface area contributed by atoms with Gasteiger partial charge in [-0.05, 0) is 18.9 Å². The van der Waals surface area contributed by atoms with E-state index in [1.807, 2.05) is 18.8 Å². The number of nitrogens with zero attached hydrogens (tertiary/aromatic N) is 3. The van der Waals surface area contributed by atoms with Crippen molar-refractivity contribution in [1.82, 2.24) is 20.1 Å². The summed E-state index contributed by atoms with van der Waals surface area (Å²) >= 11 is 0. The fraction of sp³-hybridized carbons (Fsp3) is 0.800. The maximum Gasteiger partial charge on any atom is 0.138 e. The standard InChI is InChI=1S/C10H20N4/c1-5-10(2,7-11-3)6-9-12-8-13-14(9)4/h8,11H,5-7H2,1-4H3. The van der Waals surface area contributed by atoms with E-state index in [0.717, 1.165) is 25.2 Å². The van der Waals surface area contributed by atoms with Crippen molar-refractivity contribution in [3.05, 3.63) is 12.2 Å². The van der Waals surface area contributed by atoms with Crippen LogP contribution in [0.3, 0.4) is 0 Å². The summed E-state index contributed by atoms with van der Waals surface area (Å²) in [6, 6.07) is 0. The average molecular weight is 196 g/mol. The highest BCUT2D eigenvalue weighted by Crippen LogP contribution is 2.24. The Balaban J connectivity index is 2.69. The van der Waals surface area contributed by atoms with E-state index in [1.165, 1.54) is 0 Å². The van der Waals surface area contributed by atoms with Crippen molar-refractivity contribution in [3.8, 4) is 0 Å². The van der Waals surface area contributed by atoms with Gasteiger partial charge >= 0.3 is 0 Å². The van der Waals surface area contributed by atoms with Gasteiger partial charge in [-0.3, -0.25) is 4.68 Å². The zero-order chi connectivity index (χ0) is 10.6. The Kier molecular flexibility index (Phi) is 3.63. The Labute approximate surface area is 85.7 Å². The van der Waals surface area contributed by atoms with E-state index in [-0.39, 0.29) is 5.41 Å². The lowest BCUT2D eigenvalue weighted by Gasteiger charge is -2.27. The Morgan fingerprint density at radius 2 is 2.29 bits per heavy atom. The fourth-order valence-electron chi connectivity index (χ4n) is 1.60. The first-order valence-corrected chi connectivity index (χ1v) is 5.09. The third-order valence-electron chi connectivity index (χ3n) is 2.85. The normalized spacial score (nSPS) is 15.4. The molecule has 1 atom stereocenters. The molecule has 1 aromatic heterocycles. The van der Waals surface area contributed by atoms with Crippen molar-refractivity contribution in [2.45, 2.75) is 26.7 Å². The van der Waals surface area contributed by atoms with Crippen LogP contribution in [0, 0.1) is 5.41 Å². The van der Waals surface area contributed by atoms with Gasteiger partial charge in [-0.15, -0.1) is 0 Å². The van der Waals surface area contributed by atoms with Gasteiger partial charge in [0.1, 0.15) is 12.2 Å². The molecule has 0 bridgehead atoms. The molecule has 4 heteroatoms. The van der Waals surface area contributed by atoms with Crippen molar-refractivity contribution in [2.24, 2.45) is 12.5 Å². The molecule has 0 fully saturated rings. The molecule has 0 aliphatic carbocycles. The smallest absolute Gasteiger partial charge is 0.138 e. The molecule has 0 aromatic carbocycles. The minimum absolute atomic E-state index is 0.273. The van der Waals surface area contributed by atoms with E-state index in [4.69, 9.17) is 0 Å². The van der Waals surface area contributed by atoms with Gasteiger partial charge in [0.15, 0.2) is 0 Å². The summed E-state index contributed by atoms with van der Waals surface area (Å²) in [5.41, 5.74) is 0.273. The molecule has 0 radical (unpaired) electrons. The van der Waals surface area contributed by atoms with E-state index in [0.29, 0.717) is 0 Å². The molecule has 0 amide bonds. The number of hydrogen-bond acceptors (Lipinski definition) is 3. The lowest BCUT2D eigenvalue weighted by molar-refractivity contribution is 0.289. The van der Waals surface area contributed by atoms with Gasteiger partial charge in [0.25, 0.3) is 0 Å². The van der Waals surface area contributed by atoms with Gasteiger partial charge in [0.05, 0.1) is 0 Å². The molecule has 1 aromatic rings. The second-order valence-electron chi connectivity index (χ2n) is 4.17. The number of hydrogen-bond donors (Lipinski definition) is 1. The van der Waals surface area contributed by atoms with Crippen LogP contribution in [-0.4, -0.2) is 28.4 Å². The number of aryl methyl sites for hydroxylation is 1. The molecule has 1 N–H and O–H groups in total. The maximum atomic E-state index is 4.26. The highest BCUT2D eigenvalue weighted by Gasteiger charge is 2.23. The van der Waals surface area contributed by atoms with Crippen molar-refractivity contribution < 1.29 is 0 Å². The summed E-state index contributed by atoms with van der Waals surface area (Å²) in [7, 11) is 3.93. The molecule has 80 valence electrons. The lowest BCUT2D eigenvalue weighted by Crippen LogP contribution is -2.32. The molecule has 14 heavy (non-hydrogen) atoms. The van der Waals surface area contributed by atoms with Crippen LogP contribution < -0.4 is 5.32 Å². The molecule has 0 saturated carbocycles. The second kappa shape index (κ2) is 4.55. The molecule has 0 spiro atoms. The van der Waals surface area contributed by atoms with Crippen molar-refractivity contribution in [3.63, 3.8) is 0 Å². The van der Waals surface area contributed by atoms with E-state index in [9.17, 15) is 0 Å². The lowest BCUT2D eigenvalue weighted by atomic mass is 9.83. The molecular weight excluding hydrogens is 176 g/mol. The van der Waals surface area contributed by atoms with Crippen LogP contribution in [0.2, 0.25) is 0 Å². The van der Waals surface area contributed by atoms with Gasteiger partial charge in [-0.25, -0.2) is 4.98 Å². The Morgan fingerprint density at radius 3 is 2.71 bits per heavy atom. The van der Waals surface area contributed by atoms with Crippen LogP contribution in [-0.2, 0) is 13.5 Å². The molecular formula is C10H20N4. The van der Waals surface area contributed by atoms with Gasteiger partial charge in [0, 0.05) is 20.0 Å². The molecule has 1 unspecified atom stereocenters. The van der Waals surface area contributed by atoms with Crippen molar-refractivity contribution in [2.75, 3.05) is 13.6 Å². The SMILES string of the molecule is CCC(C)(CNC)Cc1ncnn1C. The molecule has 4 nitrogen and oxygen atoms in total. The summed E-state index contributed by atoms with van der Waals surface area (Å²) in [6.07, 6.45) is 3.73. The first kappa shape index (κ1) is 11.2. The fourth-order valence-corrected chi connectivity index (χ4v) is 1.60. The first-order chi connectivity index (χ1) is 6.61. The largest absolute Gasteiger partial charge is 0.319 e. The minimum Gasteiger partial charge on any atom is -0.319 e. The van der Waals surface area contributed by atoms with E-state index in [2.05, 4.69) is 29.2 Å². The number of nitrogens with one attached hydrogen (secondary N) is 1. The van der Waals surface area contributed by atoms with Crippen molar-refractivity contribution >= 4 is 0 Å². The van der Waals surface area contributed by atoms with Gasteiger partial charge in [0.2, 0.25) is 0 Å². The maximum absolute atomic E-state index is 4.26. The van der Waals surface area contributed by atoms with Crippen LogP contribution in [0.1, 0.15) is 26.1 Å². The van der Waals surface area contributed by atoms with Crippen LogP contribution in [0.15, 0.2) is 6.33 Å². The highest BCUT2D eigenvalue weighted by molar-refractivity contribution is 4.92. The molecule has 0 aliphatic rings. The summed E-state index contributed by atoms with van der Waals surface area (Å²) in [4.78, 5) is 4.26. The summed E-state index contributed by atoms with van der Waals surface area (Å²) in [6.45, 7) is 5.50. The predicted molar refractivity (Wildman–Crippen MR) is 57.0 cm³/mol. The highest BCUT2D eigenvalue weighted by atomic mass is 15.3. The first-order valence-electron chi connectivity index (χ1n) is 5.09. The summed E-state index contributed by atoms with van der Waals surface area (Å²) in [5, 5.41) is 7.31. The third kappa shape index (κ3) is 2.54. The minimum atomic E-state index is 0.273. The predicted octanol–water partition coefficient (Wildman–Crippen LogP) is 0.993. The Morgan fingerprint density at radius 1 is 1.57 bits per heavy atom. The van der Waals surface area contributed by atoms with Gasteiger partial charge < -0.3 is 5.32 Å². The van der Waals surface area contributed by atoms with Gasteiger partial charge in [-0.1, -0.05) is 13.8 Å². The van der Waals surface area contributed by atoms with Gasteiger partial charge in [-0.2, -0.15) is 5.10 Å². The number of aromatic nitrogens is 3. The van der Waals surface area contributed by atoms with Crippen LogP contribution in [0.5, 0.6) is 0 Å². The van der Waals surface area contributed by atoms with Crippen LogP contribution in [0.25, 0.3) is 0 Å². The molecule has 0 aliphatic heterocycles. The zero-order valence-corrected chi connectivity index (χ0v) is 9.54. The molecule has 1 heterocycles. The second-order valence-corrected chi connectivity index (χ2v) is 4.17. The van der Waals surface area contributed by atoms with Crippen molar-refractivity contribution in [1.29, 1.82) is 0 Å². The Hall–Kier alpha value is -0.900. The van der Waals surface area contributed by atoms with Crippen LogP contribution >= 0.6 is 0 Å². The van der Waals surface area contributed by atoms with E-state index < -0.39 is 0 Å². The number of rotatable bonds is 5. The molecule has 0 saturated heterocycles. The quantitative estimate of drug-likeness (QED) is 0.764. The Bertz CT molecular complexity index is 281. The zero-order valence-electron chi connectivity index (χ0n) is 9.54. The van der Waals surface area contributed by atoms with E-state index >= 15 is 0 Å². The monoisotopic (exact) mass is 196 g/mol. The summed E-state index contributed by atoms with van der Waals surface area (Å²) < 4.78 is 1.85. The molecule has 1 rings (SSSR count). The topological polar surface area (TPSA) is 42.7 Å². The average Bonchev–Trinajstić information content (AvgIpc) is 2.52.